The number of morpholine rings is 1. The summed E-state index contributed by atoms with van der Waals surface area (Å²) in [5, 5.41) is 1.73. The molecule has 9 heteroatoms. The van der Waals surface area contributed by atoms with Crippen LogP contribution in [0.25, 0.3) is 0 Å². The minimum absolute atomic E-state index is 0.130. The van der Waals surface area contributed by atoms with Crippen LogP contribution in [0.1, 0.15) is 49.2 Å². The van der Waals surface area contributed by atoms with Crippen LogP contribution >= 0.6 is 11.3 Å². The largest absolute Gasteiger partial charge is 0.373 e. The fourth-order valence-corrected chi connectivity index (χ4v) is 7.86. The first-order valence-electron chi connectivity index (χ1n) is 11.1. The monoisotopic (exact) mass is 455 g/mol. The van der Waals surface area contributed by atoms with Crippen molar-refractivity contribution in [3.63, 3.8) is 0 Å². The third-order valence-corrected chi connectivity index (χ3v) is 9.39. The highest BCUT2D eigenvalue weighted by atomic mass is 32.2. The van der Waals surface area contributed by atoms with Crippen LogP contribution in [-0.2, 0) is 14.8 Å². The van der Waals surface area contributed by atoms with Crippen molar-refractivity contribution < 1.29 is 17.9 Å². The summed E-state index contributed by atoms with van der Waals surface area (Å²) in [5.74, 6) is 0.442. The smallest absolute Gasteiger partial charge is 0.265 e. The van der Waals surface area contributed by atoms with Crippen LogP contribution in [0.5, 0.6) is 0 Å². The van der Waals surface area contributed by atoms with Gasteiger partial charge >= 0.3 is 0 Å². The molecule has 0 radical (unpaired) electrons. The molecule has 2 unspecified atom stereocenters. The van der Waals surface area contributed by atoms with Crippen LogP contribution in [0.3, 0.4) is 0 Å². The zero-order valence-electron chi connectivity index (χ0n) is 18.0. The van der Waals surface area contributed by atoms with Gasteiger partial charge in [0.05, 0.1) is 12.2 Å². The van der Waals surface area contributed by atoms with Gasteiger partial charge in [0.2, 0.25) is 10.0 Å². The molecule has 0 spiro atoms. The molecule has 3 saturated heterocycles. The maximum absolute atomic E-state index is 13.2. The number of piperidine rings is 1. The summed E-state index contributed by atoms with van der Waals surface area (Å²) in [5.41, 5.74) is 0. The van der Waals surface area contributed by atoms with Gasteiger partial charge in [0.25, 0.3) is 5.91 Å². The van der Waals surface area contributed by atoms with Gasteiger partial charge < -0.3 is 9.64 Å². The second-order valence-corrected chi connectivity index (χ2v) is 11.8. The number of ether oxygens (including phenoxy) is 1. The molecule has 3 fully saturated rings. The molecule has 1 aromatic rings. The van der Waals surface area contributed by atoms with E-state index < -0.39 is 10.0 Å². The van der Waals surface area contributed by atoms with Crippen LogP contribution in [0.4, 0.5) is 0 Å². The summed E-state index contributed by atoms with van der Waals surface area (Å²) in [6, 6.07) is 1.60. The molecule has 3 aliphatic rings. The van der Waals surface area contributed by atoms with E-state index in [9.17, 15) is 13.2 Å². The number of likely N-dealkylation sites (tertiary alicyclic amines) is 1. The number of hydrogen-bond donors (Lipinski definition) is 0. The lowest BCUT2D eigenvalue weighted by Crippen LogP contribution is -2.48. The van der Waals surface area contributed by atoms with Crippen molar-refractivity contribution in [2.24, 2.45) is 5.92 Å². The van der Waals surface area contributed by atoms with Gasteiger partial charge in [-0.1, -0.05) is 0 Å². The molecular weight excluding hydrogens is 422 g/mol. The van der Waals surface area contributed by atoms with Crippen molar-refractivity contribution in [2.75, 3.05) is 45.8 Å². The standard InChI is InChI=1S/C21H33N3O4S2/c1-16-13-22(14-17(2)28-16)15-18-5-10-23(11-6-18)21(25)20-19(7-12-29-20)30(26,27)24-8-3-4-9-24/h7,12,16-18H,3-6,8-11,13-15H2,1-2H3. The number of sulfonamides is 1. The van der Waals surface area contributed by atoms with E-state index in [0.717, 1.165) is 45.3 Å². The minimum atomic E-state index is -3.57. The number of thiophene rings is 1. The quantitative estimate of drug-likeness (QED) is 0.682. The van der Waals surface area contributed by atoms with E-state index in [-0.39, 0.29) is 23.0 Å². The molecule has 0 saturated carbocycles. The van der Waals surface area contributed by atoms with Crippen LogP contribution in [0, 0.1) is 5.92 Å². The molecule has 0 bridgehead atoms. The second-order valence-electron chi connectivity index (χ2n) is 8.94. The average molecular weight is 456 g/mol. The Morgan fingerprint density at radius 3 is 2.37 bits per heavy atom. The van der Waals surface area contributed by atoms with Gasteiger partial charge in [0, 0.05) is 45.8 Å². The Kier molecular flexibility index (Phi) is 6.84. The Labute approximate surface area is 184 Å². The molecule has 1 amide bonds. The summed E-state index contributed by atoms with van der Waals surface area (Å²) in [6.07, 6.45) is 4.24. The number of carbonyl (C=O) groups is 1. The number of nitrogens with zero attached hydrogens (tertiary/aromatic N) is 3. The molecule has 1 aromatic heterocycles. The third kappa shape index (κ3) is 4.75. The van der Waals surface area contributed by atoms with Gasteiger partial charge in [-0.2, -0.15) is 4.31 Å². The minimum Gasteiger partial charge on any atom is -0.373 e. The first-order valence-corrected chi connectivity index (χ1v) is 13.4. The Morgan fingerprint density at radius 2 is 1.73 bits per heavy atom. The molecule has 7 nitrogen and oxygen atoms in total. The van der Waals surface area contributed by atoms with E-state index in [4.69, 9.17) is 4.74 Å². The number of carbonyl (C=O) groups excluding carboxylic acids is 1. The lowest BCUT2D eigenvalue weighted by molar-refractivity contribution is -0.0728. The van der Waals surface area contributed by atoms with Gasteiger partial charge in [-0.15, -0.1) is 11.3 Å². The van der Waals surface area contributed by atoms with E-state index in [1.807, 2.05) is 4.90 Å². The number of amides is 1. The lowest BCUT2D eigenvalue weighted by Gasteiger charge is -2.39. The summed E-state index contributed by atoms with van der Waals surface area (Å²) in [6.45, 7) is 9.73. The van der Waals surface area contributed by atoms with Crippen LogP contribution in [0.15, 0.2) is 16.3 Å². The normalized spacial score (nSPS) is 27.6. The van der Waals surface area contributed by atoms with Crippen molar-refractivity contribution >= 4 is 27.3 Å². The highest BCUT2D eigenvalue weighted by molar-refractivity contribution is 7.89. The zero-order valence-corrected chi connectivity index (χ0v) is 19.6. The SMILES string of the molecule is CC1CN(CC2CCN(C(=O)c3sccc3S(=O)(=O)N3CCCC3)CC2)CC(C)O1. The highest BCUT2D eigenvalue weighted by Gasteiger charge is 2.34. The van der Waals surface area contributed by atoms with Crippen molar-refractivity contribution in [1.29, 1.82) is 0 Å². The van der Waals surface area contributed by atoms with Crippen molar-refractivity contribution in [2.45, 2.75) is 56.6 Å². The Hall–Kier alpha value is -1.00. The molecule has 0 aromatic carbocycles. The fraction of sp³-hybridized carbons (Fsp3) is 0.762. The van der Waals surface area contributed by atoms with E-state index in [1.165, 1.54) is 15.6 Å². The Morgan fingerprint density at radius 1 is 1.10 bits per heavy atom. The van der Waals surface area contributed by atoms with Gasteiger partial charge in [0.1, 0.15) is 9.77 Å². The maximum atomic E-state index is 13.2. The Bertz CT molecular complexity index is 832. The predicted octanol–water partition coefficient (Wildman–Crippen LogP) is 2.49. The molecule has 4 heterocycles. The summed E-state index contributed by atoms with van der Waals surface area (Å²) >= 11 is 1.25. The van der Waals surface area contributed by atoms with E-state index in [1.54, 1.807) is 11.4 Å². The average Bonchev–Trinajstić information content (AvgIpc) is 3.40. The van der Waals surface area contributed by atoms with Gasteiger partial charge in [-0.3, -0.25) is 9.69 Å². The van der Waals surface area contributed by atoms with Crippen molar-refractivity contribution in [1.82, 2.24) is 14.1 Å². The first kappa shape index (κ1) is 22.2. The molecule has 3 aliphatic heterocycles. The number of hydrogen-bond acceptors (Lipinski definition) is 6. The molecule has 0 aliphatic carbocycles. The molecule has 2 atom stereocenters. The van der Waals surface area contributed by atoms with Gasteiger partial charge in [-0.05, 0) is 56.9 Å². The van der Waals surface area contributed by atoms with E-state index in [2.05, 4.69) is 18.7 Å². The van der Waals surface area contributed by atoms with E-state index in [0.29, 0.717) is 37.0 Å². The van der Waals surface area contributed by atoms with E-state index >= 15 is 0 Å². The number of rotatable bonds is 5. The molecule has 30 heavy (non-hydrogen) atoms. The summed E-state index contributed by atoms with van der Waals surface area (Å²) in [7, 11) is -3.57. The third-order valence-electron chi connectivity index (χ3n) is 6.42. The van der Waals surface area contributed by atoms with Crippen LogP contribution < -0.4 is 0 Å². The van der Waals surface area contributed by atoms with Crippen molar-refractivity contribution in [3.8, 4) is 0 Å². The summed E-state index contributed by atoms with van der Waals surface area (Å²) < 4.78 is 33.3. The first-order chi connectivity index (χ1) is 14.3. The Balaban J connectivity index is 1.36. The van der Waals surface area contributed by atoms with Crippen LogP contribution in [0.2, 0.25) is 0 Å². The second kappa shape index (κ2) is 9.24. The molecule has 0 N–H and O–H groups in total. The highest BCUT2D eigenvalue weighted by Crippen LogP contribution is 2.30. The molecule has 168 valence electrons. The zero-order chi connectivity index (χ0) is 21.3. The maximum Gasteiger partial charge on any atom is 0.265 e. The molecular formula is C21H33N3O4S2. The predicted molar refractivity (Wildman–Crippen MR) is 117 cm³/mol. The topological polar surface area (TPSA) is 70.2 Å². The van der Waals surface area contributed by atoms with Crippen LogP contribution in [-0.4, -0.2) is 86.5 Å². The lowest BCUT2D eigenvalue weighted by atomic mass is 9.95. The van der Waals surface area contributed by atoms with Gasteiger partial charge in [-0.25, -0.2) is 8.42 Å². The molecule has 4 rings (SSSR count). The van der Waals surface area contributed by atoms with Gasteiger partial charge in [0.15, 0.2) is 0 Å². The van der Waals surface area contributed by atoms with Crippen molar-refractivity contribution in [3.05, 3.63) is 16.3 Å². The summed E-state index contributed by atoms with van der Waals surface area (Å²) in [4.78, 5) is 18.0. The fourth-order valence-electron chi connectivity index (χ4n) is 4.98.